The lowest BCUT2D eigenvalue weighted by Crippen LogP contribution is -2.45. The van der Waals surface area contributed by atoms with Gasteiger partial charge in [-0.05, 0) is 34.0 Å². The van der Waals surface area contributed by atoms with Gasteiger partial charge in [0.15, 0.2) is 0 Å². The normalized spacial score (nSPS) is 19.2. The quantitative estimate of drug-likeness (QED) is 0.866. The molecule has 0 aliphatic carbocycles. The monoisotopic (exact) mass is 297 g/mol. The number of nitrogens with zero attached hydrogens (tertiary/aromatic N) is 2. The third kappa shape index (κ3) is 3.50. The fraction of sp³-hybridized carbons (Fsp3) is 0.615. The van der Waals surface area contributed by atoms with Crippen LogP contribution in [0, 0.1) is 0 Å². The molecule has 1 atom stereocenters. The van der Waals surface area contributed by atoms with E-state index in [0.717, 1.165) is 30.8 Å². The van der Waals surface area contributed by atoms with Gasteiger partial charge in [-0.1, -0.05) is 19.4 Å². The van der Waals surface area contributed by atoms with Gasteiger partial charge < -0.3 is 5.32 Å². The molecule has 0 unspecified atom stereocenters. The molecule has 4 heteroatoms. The van der Waals surface area contributed by atoms with E-state index in [4.69, 9.17) is 0 Å². The van der Waals surface area contributed by atoms with Gasteiger partial charge >= 0.3 is 0 Å². The van der Waals surface area contributed by atoms with Gasteiger partial charge in [0.25, 0.3) is 0 Å². The lowest BCUT2D eigenvalue weighted by atomic mass is 10.0. The Morgan fingerprint density at radius 2 is 2.18 bits per heavy atom. The average molecular weight is 298 g/mol. The lowest BCUT2D eigenvalue weighted by Gasteiger charge is -2.35. The molecule has 0 bridgehead atoms. The van der Waals surface area contributed by atoms with E-state index in [1.54, 1.807) is 0 Å². The molecule has 1 N–H and O–H groups in total. The Hall–Kier alpha value is -0.450. The highest BCUT2D eigenvalue weighted by Crippen LogP contribution is 2.26. The molecule has 94 valence electrons. The van der Waals surface area contributed by atoms with Gasteiger partial charge in [0.2, 0.25) is 0 Å². The van der Waals surface area contributed by atoms with Crippen molar-refractivity contribution in [3.05, 3.63) is 28.5 Å². The fourth-order valence-electron chi connectivity index (χ4n) is 2.41. The number of pyridine rings is 1. The van der Waals surface area contributed by atoms with E-state index in [0.29, 0.717) is 6.04 Å². The Morgan fingerprint density at radius 3 is 2.76 bits per heavy atom. The Labute approximate surface area is 112 Å². The van der Waals surface area contributed by atoms with Crippen molar-refractivity contribution in [2.45, 2.75) is 25.8 Å². The van der Waals surface area contributed by atoms with Gasteiger partial charge in [-0.2, -0.15) is 0 Å². The van der Waals surface area contributed by atoms with Crippen LogP contribution in [0.4, 0.5) is 0 Å². The summed E-state index contributed by atoms with van der Waals surface area (Å²) in [4.78, 5) is 6.93. The van der Waals surface area contributed by atoms with E-state index in [1.165, 1.54) is 18.4 Å². The Morgan fingerprint density at radius 1 is 1.41 bits per heavy atom. The molecule has 0 radical (unpaired) electrons. The predicted octanol–water partition coefficient (Wildman–Crippen LogP) is 2.59. The van der Waals surface area contributed by atoms with E-state index in [2.05, 4.69) is 44.1 Å². The molecular formula is C13H20BrN3. The maximum absolute atomic E-state index is 4.35. The summed E-state index contributed by atoms with van der Waals surface area (Å²) < 4.78 is 0.914. The van der Waals surface area contributed by atoms with Crippen LogP contribution in [0.5, 0.6) is 0 Å². The molecule has 1 aliphatic heterocycles. The summed E-state index contributed by atoms with van der Waals surface area (Å²) in [6.07, 6.45) is 4.43. The third-order valence-corrected chi connectivity index (χ3v) is 3.76. The molecule has 0 spiro atoms. The number of nitrogens with one attached hydrogen (secondary N) is 1. The van der Waals surface area contributed by atoms with Crippen molar-refractivity contribution >= 4 is 15.9 Å². The highest BCUT2D eigenvalue weighted by atomic mass is 79.9. The predicted molar refractivity (Wildman–Crippen MR) is 74.0 cm³/mol. The molecule has 1 aliphatic rings. The van der Waals surface area contributed by atoms with Crippen molar-refractivity contribution < 1.29 is 0 Å². The standard InChI is InChI=1S/C13H20BrN3/c1-2-3-12(17-8-6-15-7-9-17)11-4-5-13(14)16-10-11/h4-5,10,12,15H,2-3,6-9H2,1H3/t12-/m1/s1. The molecule has 0 saturated carbocycles. The molecule has 0 aromatic carbocycles. The Kier molecular flexibility index (Phi) is 4.95. The van der Waals surface area contributed by atoms with Crippen molar-refractivity contribution in [1.29, 1.82) is 0 Å². The number of halogens is 1. The maximum atomic E-state index is 4.35. The highest BCUT2D eigenvalue weighted by molar-refractivity contribution is 9.10. The Balaban J connectivity index is 2.12. The van der Waals surface area contributed by atoms with Crippen LogP contribution in [0.1, 0.15) is 31.4 Å². The van der Waals surface area contributed by atoms with E-state index in [9.17, 15) is 0 Å². The number of rotatable bonds is 4. The number of hydrogen-bond donors (Lipinski definition) is 1. The van der Waals surface area contributed by atoms with E-state index in [-0.39, 0.29) is 0 Å². The van der Waals surface area contributed by atoms with Crippen LogP contribution < -0.4 is 5.32 Å². The maximum Gasteiger partial charge on any atom is 0.106 e. The number of hydrogen-bond acceptors (Lipinski definition) is 3. The first-order valence-corrected chi connectivity index (χ1v) is 7.16. The number of aromatic nitrogens is 1. The lowest BCUT2D eigenvalue weighted by molar-refractivity contribution is 0.164. The minimum Gasteiger partial charge on any atom is -0.314 e. The summed E-state index contributed by atoms with van der Waals surface area (Å²) in [7, 11) is 0. The molecule has 17 heavy (non-hydrogen) atoms. The molecule has 2 rings (SSSR count). The summed E-state index contributed by atoms with van der Waals surface area (Å²) in [5.41, 5.74) is 1.34. The van der Waals surface area contributed by atoms with Crippen LogP contribution >= 0.6 is 15.9 Å². The van der Waals surface area contributed by atoms with Crippen LogP contribution in [0.15, 0.2) is 22.9 Å². The third-order valence-electron chi connectivity index (χ3n) is 3.29. The van der Waals surface area contributed by atoms with Gasteiger partial charge in [0.05, 0.1) is 0 Å². The SMILES string of the molecule is CCC[C@H](c1ccc(Br)nc1)N1CCNCC1. The minimum absolute atomic E-state index is 0.530. The van der Waals surface area contributed by atoms with E-state index < -0.39 is 0 Å². The van der Waals surface area contributed by atoms with Gasteiger partial charge in [-0.3, -0.25) is 4.90 Å². The van der Waals surface area contributed by atoms with Gasteiger partial charge in [-0.25, -0.2) is 4.98 Å². The summed E-state index contributed by atoms with van der Waals surface area (Å²) >= 11 is 3.39. The van der Waals surface area contributed by atoms with Gasteiger partial charge in [0.1, 0.15) is 4.60 Å². The van der Waals surface area contributed by atoms with E-state index >= 15 is 0 Å². The van der Waals surface area contributed by atoms with Crippen LogP contribution in [0.3, 0.4) is 0 Å². The molecule has 1 fully saturated rings. The van der Waals surface area contributed by atoms with Crippen molar-refractivity contribution in [3.8, 4) is 0 Å². The second kappa shape index (κ2) is 6.47. The average Bonchev–Trinajstić information content (AvgIpc) is 2.38. The fourth-order valence-corrected chi connectivity index (χ4v) is 2.65. The molecule has 1 aromatic rings. The summed E-state index contributed by atoms with van der Waals surface area (Å²) in [6.45, 7) is 6.73. The summed E-state index contributed by atoms with van der Waals surface area (Å²) in [6, 6.07) is 4.77. The molecule has 3 nitrogen and oxygen atoms in total. The summed E-state index contributed by atoms with van der Waals surface area (Å²) in [5.74, 6) is 0. The molecule has 0 amide bonds. The second-order valence-electron chi connectivity index (χ2n) is 4.50. The largest absolute Gasteiger partial charge is 0.314 e. The van der Waals surface area contributed by atoms with Gasteiger partial charge in [0, 0.05) is 38.4 Å². The van der Waals surface area contributed by atoms with Crippen LogP contribution in [0.25, 0.3) is 0 Å². The van der Waals surface area contributed by atoms with Crippen molar-refractivity contribution in [2.75, 3.05) is 26.2 Å². The smallest absolute Gasteiger partial charge is 0.106 e. The zero-order valence-electron chi connectivity index (χ0n) is 10.3. The van der Waals surface area contributed by atoms with Gasteiger partial charge in [-0.15, -0.1) is 0 Å². The molecule has 2 heterocycles. The highest BCUT2D eigenvalue weighted by Gasteiger charge is 2.21. The van der Waals surface area contributed by atoms with Crippen LogP contribution in [-0.2, 0) is 0 Å². The second-order valence-corrected chi connectivity index (χ2v) is 5.32. The minimum atomic E-state index is 0.530. The molecule has 1 aromatic heterocycles. The van der Waals surface area contributed by atoms with Crippen molar-refractivity contribution in [1.82, 2.24) is 15.2 Å². The first-order chi connectivity index (χ1) is 8.31. The van der Waals surface area contributed by atoms with Crippen molar-refractivity contribution in [2.24, 2.45) is 0 Å². The zero-order valence-corrected chi connectivity index (χ0v) is 11.9. The first kappa shape index (κ1) is 13.0. The topological polar surface area (TPSA) is 28.2 Å². The van der Waals surface area contributed by atoms with Crippen molar-refractivity contribution in [3.63, 3.8) is 0 Å². The summed E-state index contributed by atoms with van der Waals surface area (Å²) in [5, 5.41) is 3.41. The zero-order chi connectivity index (χ0) is 12.1. The van der Waals surface area contributed by atoms with E-state index in [1.807, 2.05) is 12.3 Å². The molecular weight excluding hydrogens is 278 g/mol. The molecule has 1 saturated heterocycles. The van der Waals surface area contributed by atoms with Crippen LogP contribution in [0.2, 0.25) is 0 Å². The first-order valence-electron chi connectivity index (χ1n) is 6.37. The Bertz CT molecular complexity index is 333. The van der Waals surface area contributed by atoms with Crippen LogP contribution in [-0.4, -0.2) is 36.1 Å². The number of piperazine rings is 1.